The lowest BCUT2D eigenvalue weighted by Crippen LogP contribution is -2.57. The van der Waals surface area contributed by atoms with Crippen LogP contribution in [0.3, 0.4) is 0 Å². The molecule has 0 aromatic rings. The molecule has 180 valence electrons. The highest BCUT2D eigenvalue weighted by molar-refractivity contribution is 5.87. The molecule has 0 radical (unpaired) electrons. The molecule has 12 heteroatoms. The van der Waals surface area contributed by atoms with Gasteiger partial charge in [0.1, 0.15) is 0 Å². The Morgan fingerprint density at radius 2 is 1.19 bits per heavy atom. The molecule has 1 aliphatic heterocycles. The molecule has 0 unspecified atom stereocenters. The normalized spacial score (nSPS) is 14.6. The minimum absolute atomic E-state index is 0.461. The third-order valence-electron chi connectivity index (χ3n) is 4.46. The molecule has 1 rings (SSSR count). The first kappa shape index (κ1) is 28.9. The van der Waals surface area contributed by atoms with Gasteiger partial charge in [0.2, 0.25) is 11.8 Å². The second-order valence-corrected chi connectivity index (χ2v) is 8.97. The molecule has 0 saturated heterocycles. The highest BCUT2D eigenvalue weighted by atomic mass is 16.3. The molecule has 0 fully saturated rings. The fourth-order valence-electron chi connectivity index (χ4n) is 1.78. The summed E-state index contributed by atoms with van der Waals surface area (Å²) in [5, 5.41) is 52.9. The van der Waals surface area contributed by atoms with Crippen LogP contribution in [0.15, 0.2) is 15.2 Å². The maximum atomic E-state index is 12.4. The van der Waals surface area contributed by atoms with Gasteiger partial charge in [-0.1, -0.05) is 0 Å². The van der Waals surface area contributed by atoms with Crippen LogP contribution in [0, 0.1) is 0 Å². The molecule has 31 heavy (non-hydrogen) atoms. The summed E-state index contributed by atoms with van der Waals surface area (Å²) in [4.78, 5) is 28.6. The van der Waals surface area contributed by atoms with E-state index >= 15 is 0 Å². The Hall–Kier alpha value is -2.15. The number of nitrogens with zero attached hydrogens (tertiary/aromatic N) is 3. The van der Waals surface area contributed by atoms with Crippen molar-refractivity contribution in [2.45, 2.75) is 63.7 Å². The van der Waals surface area contributed by atoms with E-state index in [1.165, 1.54) is 41.5 Å². The van der Waals surface area contributed by atoms with Crippen LogP contribution < -0.4 is 16.0 Å². The summed E-state index contributed by atoms with van der Waals surface area (Å²) in [5.74, 6) is -1.17. The van der Waals surface area contributed by atoms with Crippen molar-refractivity contribution in [3.63, 3.8) is 0 Å². The maximum Gasteiger partial charge on any atom is 0.249 e. The van der Waals surface area contributed by atoms with E-state index in [2.05, 4.69) is 31.2 Å². The van der Waals surface area contributed by atoms with Crippen molar-refractivity contribution < 1.29 is 30.0 Å². The van der Waals surface area contributed by atoms with E-state index in [1.807, 2.05) is 0 Å². The summed E-state index contributed by atoms with van der Waals surface area (Å²) in [6.45, 7) is 8.98. The standard InChI is InChI=1S/C16H32N4O6.C3H6N2/c1-13(2,11(25)17-15(5,7-21)8-22)19-20-14(3,4)12(26)18-16(6,9-23)10-24;1-2-5-3-4-1/h21-24H,7-10H2,1-6H3,(H,17,25)(H,18,26);3H,1-2H2,(H,4,5). The number of carbonyl (C=O) groups excluding carboxylic acids is 2. The summed E-state index contributed by atoms with van der Waals surface area (Å²) in [6, 6.07) is 0. The van der Waals surface area contributed by atoms with Gasteiger partial charge in [0.25, 0.3) is 0 Å². The van der Waals surface area contributed by atoms with Crippen LogP contribution in [0.1, 0.15) is 41.5 Å². The molecule has 0 saturated carbocycles. The monoisotopic (exact) mass is 446 g/mol. The fourth-order valence-corrected chi connectivity index (χ4v) is 1.78. The van der Waals surface area contributed by atoms with Crippen LogP contribution in [0.5, 0.6) is 0 Å². The van der Waals surface area contributed by atoms with Gasteiger partial charge in [-0.25, -0.2) is 0 Å². The van der Waals surface area contributed by atoms with Gasteiger partial charge in [-0.3, -0.25) is 14.6 Å². The summed E-state index contributed by atoms with van der Waals surface area (Å²) in [6.07, 6.45) is 1.74. The lowest BCUT2D eigenvalue weighted by Gasteiger charge is -2.31. The minimum atomic E-state index is -1.36. The van der Waals surface area contributed by atoms with E-state index in [0.717, 1.165) is 13.1 Å². The van der Waals surface area contributed by atoms with Gasteiger partial charge in [-0.2, -0.15) is 10.2 Å². The summed E-state index contributed by atoms with van der Waals surface area (Å²) in [5.41, 5.74) is -5.14. The lowest BCUT2D eigenvalue weighted by atomic mass is 9.99. The smallest absolute Gasteiger partial charge is 0.249 e. The number of azo groups is 1. The van der Waals surface area contributed by atoms with Gasteiger partial charge in [-0.05, 0) is 41.5 Å². The van der Waals surface area contributed by atoms with Crippen LogP contribution in [-0.2, 0) is 9.59 Å². The Labute approximate surface area is 183 Å². The Morgan fingerprint density at radius 1 is 0.839 bits per heavy atom. The molecule has 0 atom stereocenters. The number of aliphatic hydroxyl groups is 4. The average molecular weight is 447 g/mol. The molecule has 0 spiro atoms. The van der Waals surface area contributed by atoms with E-state index in [-0.39, 0.29) is 0 Å². The van der Waals surface area contributed by atoms with Gasteiger partial charge in [-0.15, -0.1) is 0 Å². The number of aliphatic hydroxyl groups excluding tert-OH is 4. The Morgan fingerprint density at radius 3 is 1.39 bits per heavy atom. The molecule has 0 bridgehead atoms. The molecule has 1 aliphatic rings. The largest absolute Gasteiger partial charge is 0.394 e. The fraction of sp³-hybridized carbons (Fsp3) is 0.842. The highest BCUT2D eigenvalue weighted by Crippen LogP contribution is 2.18. The second kappa shape index (κ2) is 12.0. The molecule has 7 N–H and O–H groups in total. The predicted octanol–water partition coefficient (Wildman–Crippen LogP) is -1.67. The number of rotatable bonds is 10. The molecular formula is C19H38N6O6. The van der Waals surface area contributed by atoms with Crippen LogP contribution in [0.25, 0.3) is 0 Å². The average Bonchev–Trinajstić information content (AvgIpc) is 3.32. The topological polar surface area (TPSA) is 188 Å². The van der Waals surface area contributed by atoms with Crippen molar-refractivity contribution in [3.8, 4) is 0 Å². The van der Waals surface area contributed by atoms with E-state index in [1.54, 1.807) is 6.34 Å². The molecule has 0 aromatic carbocycles. The number of nitrogens with one attached hydrogen (secondary N) is 3. The van der Waals surface area contributed by atoms with Crippen LogP contribution in [0.4, 0.5) is 0 Å². The molecule has 12 nitrogen and oxygen atoms in total. The molecule has 2 amide bonds. The zero-order valence-corrected chi connectivity index (χ0v) is 19.3. The Bertz CT molecular complexity index is 590. The molecule has 0 aromatic heterocycles. The van der Waals surface area contributed by atoms with Crippen molar-refractivity contribution >= 4 is 18.2 Å². The molecule has 0 aliphatic carbocycles. The van der Waals surface area contributed by atoms with Gasteiger partial charge in [0.05, 0.1) is 50.4 Å². The number of hydrogen-bond acceptors (Lipinski definition) is 10. The zero-order chi connectivity index (χ0) is 24.3. The lowest BCUT2D eigenvalue weighted by molar-refractivity contribution is -0.130. The Balaban J connectivity index is 0.00000156. The third kappa shape index (κ3) is 9.68. The number of aliphatic imine (C=N–C) groups is 1. The Kier molecular flexibility index (Phi) is 11.2. The van der Waals surface area contributed by atoms with E-state index in [9.17, 15) is 30.0 Å². The van der Waals surface area contributed by atoms with Gasteiger partial charge in [0, 0.05) is 6.54 Å². The minimum Gasteiger partial charge on any atom is -0.394 e. The summed E-state index contributed by atoms with van der Waals surface area (Å²) < 4.78 is 0. The van der Waals surface area contributed by atoms with Gasteiger partial charge < -0.3 is 36.4 Å². The van der Waals surface area contributed by atoms with Crippen molar-refractivity contribution in [1.29, 1.82) is 0 Å². The summed E-state index contributed by atoms with van der Waals surface area (Å²) >= 11 is 0. The van der Waals surface area contributed by atoms with Crippen molar-refractivity contribution in [3.05, 3.63) is 0 Å². The number of carbonyl (C=O) groups is 2. The van der Waals surface area contributed by atoms with Crippen molar-refractivity contribution in [2.75, 3.05) is 39.5 Å². The third-order valence-corrected chi connectivity index (χ3v) is 4.46. The van der Waals surface area contributed by atoms with E-state index in [4.69, 9.17) is 0 Å². The van der Waals surface area contributed by atoms with Crippen LogP contribution in [0.2, 0.25) is 0 Å². The maximum absolute atomic E-state index is 12.4. The predicted molar refractivity (Wildman–Crippen MR) is 116 cm³/mol. The van der Waals surface area contributed by atoms with Crippen molar-refractivity contribution in [2.24, 2.45) is 15.2 Å². The van der Waals surface area contributed by atoms with E-state index in [0.29, 0.717) is 0 Å². The summed E-state index contributed by atoms with van der Waals surface area (Å²) in [7, 11) is 0. The number of hydrogen-bond donors (Lipinski definition) is 7. The van der Waals surface area contributed by atoms with Crippen LogP contribution >= 0.6 is 0 Å². The molecule has 1 heterocycles. The van der Waals surface area contributed by atoms with Gasteiger partial charge in [0.15, 0.2) is 11.1 Å². The van der Waals surface area contributed by atoms with Crippen molar-refractivity contribution in [1.82, 2.24) is 16.0 Å². The zero-order valence-electron chi connectivity index (χ0n) is 19.3. The SMILES string of the molecule is C1=NCCN1.CC(CO)(CO)NC(=O)C(C)(C)N=NC(C)(C)C(=O)NC(C)(CO)CO. The van der Waals surface area contributed by atoms with Gasteiger partial charge >= 0.3 is 0 Å². The highest BCUT2D eigenvalue weighted by Gasteiger charge is 2.37. The number of amides is 2. The first-order valence-corrected chi connectivity index (χ1v) is 9.95. The quantitative estimate of drug-likeness (QED) is 0.195. The first-order chi connectivity index (χ1) is 14.2. The first-order valence-electron chi connectivity index (χ1n) is 9.95. The van der Waals surface area contributed by atoms with E-state index < -0.39 is 60.4 Å². The second-order valence-electron chi connectivity index (χ2n) is 8.97. The molecular weight excluding hydrogens is 408 g/mol. The van der Waals surface area contributed by atoms with Crippen LogP contribution in [-0.4, -0.2) is 100 Å².